The largest absolute Gasteiger partial charge is 0.386 e. The van der Waals surface area contributed by atoms with Crippen LogP contribution in [0.25, 0.3) is 21.1 Å². The molecule has 0 bridgehead atoms. The number of carbonyl (C=O) groups excluding carboxylic acids is 1. The quantitative estimate of drug-likeness (QED) is 0.447. The molecule has 0 spiro atoms. The third-order valence-electron chi connectivity index (χ3n) is 5.12. The average molecular weight is 393 g/mol. The number of pyridine rings is 1. The van der Waals surface area contributed by atoms with E-state index in [-0.39, 0.29) is 5.91 Å². The molecule has 144 valence electrons. The van der Waals surface area contributed by atoms with Gasteiger partial charge in [-0.2, -0.15) is 0 Å². The summed E-state index contributed by atoms with van der Waals surface area (Å²) in [5.74, 6) is -0.0529. The number of carbonyl (C=O) groups is 1. The van der Waals surface area contributed by atoms with Crippen LogP contribution in [0.3, 0.4) is 0 Å². The summed E-state index contributed by atoms with van der Waals surface area (Å²) >= 11 is 1.45. The number of amides is 1. The zero-order valence-electron chi connectivity index (χ0n) is 16.3. The molecule has 1 aromatic carbocycles. The molecule has 0 atom stereocenters. The zero-order valence-corrected chi connectivity index (χ0v) is 17.2. The lowest BCUT2D eigenvalue weighted by Gasteiger charge is -2.06. The molecule has 4 aromatic rings. The van der Waals surface area contributed by atoms with E-state index < -0.39 is 0 Å². The standard InChI is InChI=1S/C22H24N4OS/c1-4-17-13(2)11-16-19(23-3)20(28-22(16)26-17)21(27)24-10-9-14-12-25-18-8-6-5-7-15(14)18/h5-8,11-12,23,25H,4,9-10H2,1-3H3,(H,24,27). The van der Waals surface area contributed by atoms with E-state index >= 15 is 0 Å². The molecule has 3 aromatic heterocycles. The number of aromatic amines is 1. The van der Waals surface area contributed by atoms with Crippen LogP contribution in [-0.2, 0) is 12.8 Å². The van der Waals surface area contributed by atoms with Crippen LogP contribution in [0.2, 0.25) is 0 Å². The SMILES string of the molecule is CCc1nc2sc(C(=O)NCCc3c[nH]c4ccccc34)c(NC)c2cc1C. The Bertz CT molecular complexity index is 1160. The molecule has 0 aliphatic rings. The number of aryl methyl sites for hydroxylation is 2. The molecule has 0 unspecified atom stereocenters. The molecule has 4 rings (SSSR count). The third kappa shape index (κ3) is 3.24. The van der Waals surface area contributed by atoms with E-state index in [1.165, 1.54) is 22.3 Å². The molecule has 3 N–H and O–H groups in total. The highest BCUT2D eigenvalue weighted by atomic mass is 32.1. The van der Waals surface area contributed by atoms with Crippen molar-refractivity contribution in [2.45, 2.75) is 26.7 Å². The second kappa shape index (κ2) is 7.64. The number of hydrogen-bond acceptors (Lipinski definition) is 4. The maximum absolute atomic E-state index is 12.8. The summed E-state index contributed by atoms with van der Waals surface area (Å²) in [7, 11) is 1.85. The van der Waals surface area contributed by atoms with Crippen molar-refractivity contribution in [2.24, 2.45) is 0 Å². The summed E-state index contributed by atoms with van der Waals surface area (Å²) < 4.78 is 0. The van der Waals surface area contributed by atoms with E-state index in [1.54, 1.807) is 0 Å². The van der Waals surface area contributed by atoms with Crippen LogP contribution in [0, 0.1) is 6.92 Å². The van der Waals surface area contributed by atoms with Crippen molar-refractivity contribution in [2.75, 3.05) is 18.9 Å². The number of hydrogen-bond donors (Lipinski definition) is 3. The van der Waals surface area contributed by atoms with Gasteiger partial charge in [-0.1, -0.05) is 25.1 Å². The topological polar surface area (TPSA) is 69.8 Å². The molecule has 0 saturated carbocycles. The van der Waals surface area contributed by atoms with Crippen LogP contribution in [0.1, 0.15) is 33.4 Å². The van der Waals surface area contributed by atoms with Gasteiger partial charge in [0.05, 0.1) is 5.69 Å². The lowest BCUT2D eigenvalue weighted by atomic mass is 10.1. The minimum absolute atomic E-state index is 0.0529. The number of nitrogens with zero attached hydrogens (tertiary/aromatic N) is 1. The smallest absolute Gasteiger partial charge is 0.263 e. The maximum atomic E-state index is 12.8. The van der Waals surface area contributed by atoms with Crippen molar-refractivity contribution in [1.29, 1.82) is 0 Å². The van der Waals surface area contributed by atoms with Gasteiger partial charge < -0.3 is 15.6 Å². The second-order valence-electron chi connectivity index (χ2n) is 6.88. The first kappa shape index (κ1) is 18.5. The number of anilines is 1. The number of rotatable bonds is 6. The molecular formula is C22H24N4OS. The number of benzene rings is 1. The molecule has 3 heterocycles. The lowest BCUT2D eigenvalue weighted by molar-refractivity contribution is 0.0959. The van der Waals surface area contributed by atoms with Crippen LogP contribution in [0.4, 0.5) is 5.69 Å². The normalized spacial score (nSPS) is 11.2. The van der Waals surface area contributed by atoms with E-state index in [9.17, 15) is 4.79 Å². The minimum atomic E-state index is -0.0529. The van der Waals surface area contributed by atoms with Gasteiger partial charge in [0.1, 0.15) is 9.71 Å². The van der Waals surface area contributed by atoms with Crippen LogP contribution in [0.15, 0.2) is 36.5 Å². The van der Waals surface area contributed by atoms with Gasteiger partial charge in [-0.25, -0.2) is 4.98 Å². The first-order chi connectivity index (χ1) is 13.6. The van der Waals surface area contributed by atoms with E-state index in [2.05, 4.69) is 47.7 Å². The summed E-state index contributed by atoms with van der Waals surface area (Å²) in [6.45, 7) is 4.76. The Labute approximate surface area is 168 Å². The lowest BCUT2D eigenvalue weighted by Crippen LogP contribution is -2.25. The fourth-order valence-electron chi connectivity index (χ4n) is 3.65. The fourth-order valence-corrected chi connectivity index (χ4v) is 4.75. The van der Waals surface area contributed by atoms with Gasteiger partial charge in [0, 0.05) is 41.8 Å². The maximum Gasteiger partial charge on any atom is 0.263 e. The van der Waals surface area contributed by atoms with Gasteiger partial charge >= 0.3 is 0 Å². The van der Waals surface area contributed by atoms with Crippen LogP contribution in [0.5, 0.6) is 0 Å². The Kier molecular flexibility index (Phi) is 5.05. The summed E-state index contributed by atoms with van der Waals surface area (Å²) in [6, 6.07) is 10.4. The van der Waals surface area contributed by atoms with Crippen molar-refractivity contribution in [3.05, 3.63) is 58.2 Å². The Morgan fingerprint density at radius 3 is 2.86 bits per heavy atom. The Morgan fingerprint density at radius 1 is 1.25 bits per heavy atom. The highest BCUT2D eigenvalue weighted by Gasteiger charge is 2.19. The van der Waals surface area contributed by atoms with Crippen molar-refractivity contribution in [3.8, 4) is 0 Å². The van der Waals surface area contributed by atoms with Crippen molar-refractivity contribution in [1.82, 2.24) is 15.3 Å². The predicted molar refractivity (Wildman–Crippen MR) is 118 cm³/mol. The fraction of sp³-hybridized carbons (Fsp3) is 0.273. The van der Waals surface area contributed by atoms with E-state index in [1.807, 2.05) is 25.4 Å². The summed E-state index contributed by atoms with van der Waals surface area (Å²) in [4.78, 5) is 22.5. The first-order valence-electron chi connectivity index (χ1n) is 9.56. The third-order valence-corrected chi connectivity index (χ3v) is 6.22. The summed E-state index contributed by atoms with van der Waals surface area (Å²) in [5.41, 5.74) is 5.45. The molecule has 0 aliphatic heterocycles. The summed E-state index contributed by atoms with van der Waals surface area (Å²) in [6.07, 6.45) is 3.70. The van der Waals surface area contributed by atoms with Gasteiger partial charge in [0.25, 0.3) is 5.91 Å². The molecule has 1 amide bonds. The highest BCUT2D eigenvalue weighted by molar-refractivity contribution is 7.21. The highest BCUT2D eigenvalue weighted by Crippen LogP contribution is 2.35. The average Bonchev–Trinajstić information content (AvgIpc) is 3.28. The van der Waals surface area contributed by atoms with E-state index in [0.717, 1.165) is 45.5 Å². The molecule has 0 aliphatic carbocycles. The van der Waals surface area contributed by atoms with Crippen molar-refractivity contribution >= 4 is 44.1 Å². The zero-order chi connectivity index (χ0) is 19.7. The molecule has 5 nitrogen and oxygen atoms in total. The Balaban J connectivity index is 1.53. The second-order valence-corrected chi connectivity index (χ2v) is 7.88. The van der Waals surface area contributed by atoms with Gasteiger partial charge in [-0.15, -0.1) is 11.3 Å². The van der Waals surface area contributed by atoms with Crippen LogP contribution >= 0.6 is 11.3 Å². The number of aromatic nitrogens is 2. The van der Waals surface area contributed by atoms with Crippen molar-refractivity contribution in [3.63, 3.8) is 0 Å². The monoisotopic (exact) mass is 392 g/mol. The van der Waals surface area contributed by atoms with Gasteiger partial charge in [0.2, 0.25) is 0 Å². The number of para-hydroxylation sites is 1. The molecule has 0 radical (unpaired) electrons. The minimum Gasteiger partial charge on any atom is -0.386 e. The van der Waals surface area contributed by atoms with Crippen LogP contribution < -0.4 is 10.6 Å². The van der Waals surface area contributed by atoms with Gasteiger partial charge in [0.15, 0.2) is 0 Å². The molecule has 6 heteroatoms. The van der Waals surface area contributed by atoms with Crippen molar-refractivity contribution < 1.29 is 4.79 Å². The first-order valence-corrected chi connectivity index (χ1v) is 10.4. The molecule has 28 heavy (non-hydrogen) atoms. The number of nitrogens with one attached hydrogen (secondary N) is 3. The molecular weight excluding hydrogens is 368 g/mol. The molecule has 0 fully saturated rings. The van der Waals surface area contributed by atoms with Gasteiger partial charge in [-0.05, 0) is 43.0 Å². The Hall–Kier alpha value is -2.86. The summed E-state index contributed by atoms with van der Waals surface area (Å²) in [5, 5.41) is 8.49. The van der Waals surface area contributed by atoms with E-state index in [4.69, 9.17) is 4.98 Å². The van der Waals surface area contributed by atoms with Crippen LogP contribution in [-0.4, -0.2) is 29.5 Å². The molecule has 0 saturated heterocycles. The Morgan fingerprint density at radius 2 is 2.07 bits per heavy atom. The predicted octanol–water partition coefficient (Wildman–Crippen LogP) is 4.66. The van der Waals surface area contributed by atoms with Gasteiger partial charge in [-0.3, -0.25) is 4.79 Å². The number of thiophene rings is 1. The number of H-pyrrole nitrogens is 1. The number of fused-ring (bicyclic) bond motifs is 2. The van der Waals surface area contributed by atoms with E-state index in [0.29, 0.717) is 11.4 Å².